The van der Waals surface area contributed by atoms with Gasteiger partial charge in [0.25, 0.3) is 0 Å². The molecule has 0 fully saturated rings. The summed E-state index contributed by atoms with van der Waals surface area (Å²) in [7, 11) is 0. The Bertz CT molecular complexity index is 462. The molecular weight excluding hydrogens is 251 g/mol. The molecule has 0 atom stereocenters. The molecule has 1 aromatic carbocycles. The summed E-state index contributed by atoms with van der Waals surface area (Å²) in [6.07, 6.45) is 3.40. The summed E-state index contributed by atoms with van der Waals surface area (Å²) in [5.74, 6) is 0. The average Bonchev–Trinajstić information content (AvgIpc) is 2.25. The van der Waals surface area contributed by atoms with Crippen LogP contribution in [-0.4, -0.2) is 9.97 Å². The van der Waals surface area contributed by atoms with Crippen molar-refractivity contribution in [2.75, 3.05) is 0 Å². The van der Waals surface area contributed by atoms with Crippen LogP contribution in [0.15, 0.2) is 46.7 Å². The van der Waals surface area contributed by atoms with Gasteiger partial charge in [0.2, 0.25) is 0 Å². The van der Waals surface area contributed by atoms with E-state index in [1.807, 2.05) is 6.07 Å². The second-order valence-electron chi connectivity index (χ2n) is 2.71. The van der Waals surface area contributed by atoms with E-state index in [4.69, 9.17) is 23.2 Å². The molecule has 1 aromatic heterocycles. The van der Waals surface area contributed by atoms with Gasteiger partial charge in [-0.3, -0.25) is 0 Å². The largest absolute Gasteiger partial charge is 0.231 e. The standard InChI is InChI=1S/C10H6Cl2N2S/c11-8-3-2-7(6-9(8)12)15-10-13-4-1-5-14-10/h1-6H. The summed E-state index contributed by atoms with van der Waals surface area (Å²) < 4.78 is 0. The van der Waals surface area contributed by atoms with Crippen LogP contribution >= 0.6 is 35.0 Å². The van der Waals surface area contributed by atoms with Crippen molar-refractivity contribution in [1.29, 1.82) is 0 Å². The number of nitrogens with zero attached hydrogens (tertiary/aromatic N) is 2. The van der Waals surface area contributed by atoms with Crippen LogP contribution in [0.25, 0.3) is 0 Å². The van der Waals surface area contributed by atoms with Gasteiger partial charge in [0.05, 0.1) is 10.0 Å². The van der Waals surface area contributed by atoms with Gasteiger partial charge < -0.3 is 0 Å². The summed E-state index contributed by atoms with van der Waals surface area (Å²) in [5.41, 5.74) is 0. The van der Waals surface area contributed by atoms with E-state index in [0.29, 0.717) is 15.2 Å². The fraction of sp³-hybridized carbons (Fsp3) is 0. The molecule has 5 heteroatoms. The highest BCUT2D eigenvalue weighted by Crippen LogP contribution is 2.30. The van der Waals surface area contributed by atoms with E-state index in [-0.39, 0.29) is 0 Å². The average molecular weight is 257 g/mol. The van der Waals surface area contributed by atoms with Crippen molar-refractivity contribution in [3.63, 3.8) is 0 Å². The Morgan fingerprint density at radius 3 is 2.40 bits per heavy atom. The number of benzene rings is 1. The summed E-state index contributed by atoms with van der Waals surface area (Å²) in [6.45, 7) is 0. The number of hydrogen-bond acceptors (Lipinski definition) is 3. The van der Waals surface area contributed by atoms with Gasteiger partial charge in [-0.15, -0.1) is 0 Å². The third-order valence-corrected chi connectivity index (χ3v) is 3.26. The Labute approximate surface area is 102 Å². The minimum absolute atomic E-state index is 0.539. The second kappa shape index (κ2) is 4.84. The SMILES string of the molecule is Clc1ccc(Sc2ncccn2)cc1Cl. The summed E-state index contributed by atoms with van der Waals surface area (Å²) in [4.78, 5) is 9.17. The molecule has 0 aliphatic rings. The van der Waals surface area contributed by atoms with E-state index < -0.39 is 0 Å². The molecule has 0 saturated carbocycles. The van der Waals surface area contributed by atoms with Crippen molar-refractivity contribution in [3.8, 4) is 0 Å². The molecule has 0 aliphatic heterocycles. The van der Waals surface area contributed by atoms with E-state index in [1.54, 1.807) is 30.6 Å². The Kier molecular flexibility index (Phi) is 3.46. The molecule has 0 saturated heterocycles. The Morgan fingerprint density at radius 1 is 1.00 bits per heavy atom. The first kappa shape index (κ1) is 10.7. The van der Waals surface area contributed by atoms with Gasteiger partial charge in [-0.25, -0.2) is 9.97 Å². The first-order chi connectivity index (χ1) is 7.25. The van der Waals surface area contributed by atoms with E-state index in [0.717, 1.165) is 4.90 Å². The highest BCUT2D eigenvalue weighted by molar-refractivity contribution is 7.99. The zero-order valence-electron chi connectivity index (χ0n) is 7.52. The van der Waals surface area contributed by atoms with Gasteiger partial charge in [-0.1, -0.05) is 23.2 Å². The van der Waals surface area contributed by atoms with E-state index in [1.165, 1.54) is 11.8 Å². The molecule has 76 valence electrons. The maximum Gasteiger partial charge on any atom is 0.192 e. The maximum atomic E-state index is 5.89. The van der Waals surface area contributed by atoms with E-state index in [9.17, 15) is 0 Å². The summed E-state index contributed by atoms with van der Waals surface area (Å²) in [6, 6.07) is 7.22. The predicted octanol–water partition coefficient (Wildman–Crippen LogP) is 3.93. The van der Waals surface area contributed by atoms with Crippen LogP contribution in [0.4, 0.5) is 0 Å². The summed E-state index contributed by atoms with van der Waals surface area (Å²) >= 11 is 13.2. The topological polar surface area (TPSA) is 25.8 Å². The predicted molar refractivity (Wildman–Crippen MR) is 62.6 cm³/mol. The van der Waals surface area contributed by atoms with Crippen LogP contribution < -0.4 is 0 Å². The zero-order valence-corrected chi connectivity index (χ0v) is 9.85. The van der Waals surface area contributed by atoms with Crippen molar-refractivity contribution < 1.29 is 0 Å². The molecular formula is C10H6Cl2N2S. The van der Waals surface area contributed by atoms with Crippen molar-refractivity contribution in [1.82, 2.24) is 9.97 Å². The fourth-order valence-electron chi connectivity index (χ4n) is 0.984. The van der Waals surface area contributed by atoms with Gasteiger partial charge in [0.1, 0.15) is 0 Å². The molecule has 0 radical (unpaired) electrons. The molecule has 2 aromatic rings. The monoisotopic (exact) mass is 256 g/mol. The Balaban J connectivity index is 2.22. The van der Waals surface area contributed by atoms with Gasteiger partial charge in [-0.05, 0) is 36.0 Å². The van der Waals surface area contributed by atoms with Crippen LogP contribution in [0.5, 0.6) is 0 Å². The number of hydrogen-bond donors (Lipinski definition) is 0. The van der Waals surface area contributed by atoms with E-state index in [2.05, 4.69) is 9.97 Å². The maximum absolute atomic E-state index is 5.89. The third-order valence-electron chi connectivity index (χ3n) is 1.64. The minimum Gasteiger partial charge on any atom is -0.231 e. The van der Waals surface area contributed by atoms with Crippen molar-refractivity contribution in [2.45, 2.75) is 10.1 Å². The van der Waals surface area contributed by atoms with Crippen LogP contribution in [0.1, 0.15) is 0 Å². The molecule has 0 bridgehead atoms. The summed E-state index contributed by atoms with van der Waals surface area (Å²) in [5, 5.41) is 1.78. The lowest BCUT2D eigenvalue weighted by Crippen LogP contribution is -1.82. The number of rotatable bonds is 2. The van der Waals surface area contributed by atoms with Crippen LogP contribution in [0, 0.1) is 0 Å². The Hall–Kier alpha value is -0.770. The fourth-order valence-corrected chi connectivity index (χ4v) is 2.10. The second-order valence-corrected chi connectivity index (χ2v) is 4.56. The minimum atomic E-state index is 0.539. The molecule has 2 nitrogen and oxygen atoms in total. The molecule has 0 spiro atoms. The Morgan fingerprint density at radius 2 is 1.73 bits per heavy atom. The quantitative estimate of drug-likeness (QED) is 0.762. The lowest BCUT2D eigenvalue weighted by atomic mass is 10.4. The van der Waals surface area contributed by atoms with Gasteiger partial charge in [0.15, 0.2) is 5.16 Å². The zero-order chi connectivity index (χ0) is 10.7. The molecule has 2 rings (SSSR count). The highest BCUT2D eigenvalue weighted by Gasteiger charge is 2.02. The van der Waals surface area contributed by atoms with Gasteiger partial charge in [0, 0.05) is 17.3 Å². The van der Waals surface area contributed by atoms with Crippen LogP contribution in [-0.2, 0) is 0 Å². The van der Waals surface area contributed by atoms with Crippen molar-refractivity contribution >= 4 is 35.0 Å². The molecule has 0 N–H and O–H groups in total. The molecule has 1 heterocycles. The van der Waals surface area contributed by atoms with Gasteiger partial charge in [-0.2, -0.15) is 0 Å². The van der Waals surface area contributed by atoms with Crippen molar-refractivity contribution in [3.05, 3.63) is 46.7 Å². The number of halogens is 2. The van der Waals surface area contributed by atoms with Crippen molar-refractivity contribution in [2.24, 2.45) is 0 Å². The lowest BCUT2D eigenvalue weighted by molar-refractivity contribution is 0.967. The molecule has 0 unspecified atom stereocenters. The van der Waals surface area contributed by atoms with E-state index >= 15 is 0 Å². The molecule has 15 heavy (non-hydrogen) atoms. The van der Waals surface area contributed by atoms with Gasteiger partial charge >= 0.3 is 0 Å². The van der Waals surface area contributed by atoms with Crippen LogP contribution in [0.2, 0.25) is 10.0 Å². The molecule has 0 amide bonds. The smallest absolute Gasteiger partial charge is 0.192 e. The highest BCUT2D eigenvalue weighted by atomic mass is 35.5. The normalized spacial score (nSPS) is 10.3. The first-order valence-corrected chi connectivity index (χ1v) is 5.73. The first-order valence-electron chi connectivity index (χ1n) is 4.15. The lowest BCUT2D eigenvalue weighted by Gasteiger charge is -2.01. The van der Waals surface area contributed by atoms with Crippen LogP contribution in [0.3, 0.4) is 0 Å². The number of aromatic nitrogens is 2. The third kappa shape index (κ3) is 2.84. The molecule has 0 aliphatic carbocycles.